The van der Waals surface area contributed by atoms with E-state index in [2.05, 4.69) is 15.2 Å². The van der Waals surface area contributed by atoms with Crippen molar-refractivity contribution >= 4 is 11.6 Å². The van der Waals surface area contributed by atoms with E-state index in [0.717, 1.165) is 31.6 Å². The van der Waals surface area contributed by atoms with Gasteiger partial charge < -0.3 is 19.7 Å². The monoisotopic (exact) mass is 371 g/mol. The first-order valence-corrected chi connectivity index (χ1v) is 9.16. The minimum absolute atomic E-state index is 0.128. The molecule has 1 aromatic carbocycles. The number of benzene rings is 1. The number of piperidine rings is 1. The molecular weight excluding hydrogens is 349 g/mol. The minimum Gasteiger partial charge on any atom is -0.370 e. The molecule has 0 atom stereocenters. The highest BCUT2D eigenvalue weighted by Crippen LogP contribution is 2.32. The van der Waals surface area contributed by atoms with Crippen molar-refractivity contribution in [3.8, 4) is 0 Å². The Hall–Kier alpha value is -2.51. The summed E-state index contributed by atoms with van der Waals surface area (Å²) in [6.45, 7) is 3.10. The molecule has 2 aliphatic rings. The smallest absolute Gasteiger partial charge is 0.270 e. The van der Waals surface area contributed by atoms with E-state index in [0.29, 0.717) is 24.5 Å². The number of pyridine rings is 1. The van der Waals surface area contributed by atoms with Crippen molar-refractivity contribution in [3.05, 3.63) is 59.7 Å². The van der Waals surface area contributed by atoms with Gasteiger partial charge in [-0.2, -0.15) is 0 Å². The number of nitrogens with one attached hydrogen (secondary N) is 1. The molecule has 2 fully saturated rings. The van der Waals surface area contributed by atoms with E-state index in [9.17, 15) is 9.18 Å². The van der Waals surface area contributed by atoms with Crippen LogP contribution in [0.2, 0.25) is 0 Å². The van der Waals surface area contributed by atoms with E-state index in [-0.39, 0.29) is 18.3 Å². The van der Waals surface area contributed by atoms with Crippen LogP contribution in [0.25, 0.3) is 0 Å². The molecule has 6 nitrogen and oxygen atoms in total. The van der Waals surface area contributed by atoms with Gasteiger partial charge in [0.1, 0.15) is 11.5 Å². The Kier molecular flexibility index (Phi) is 5.05. The highest BCUT2D eigenvalue weighted by Gasteiger charge is 2.39. The van der Waals surface area contributed by atoms with Crippen LogP contribution in [0.3, 0.4) is 0 Å². The van der Waals surface area contributed by atoms with Crippen LogP contribution in [0.4, 0.5) is 10.1 Å². The number of ether oxygens (including phenoxy) is 2. The molecular formula is C20H22FN3O3. The van der Waals surface area contributed by atoms with Crippen molar-refractivity contribution in [3.63, 3.8) is 0 Å². The molecule has 1 amide bonds. The van der Waals surface area contributed by atoms with E-state index in [1.807, 2.05) is 6.07 Å². The van der Waals surface area contributed by atoms with Crippen LogP contribution in [0.15, 0.2) is 42.6 Å². The van der Waals surface area contributed by atoms with E-state index in [4.69, 9.17) is 9.47 Å². The Labute approximate surface area is 157 Å². The van der Waals surface area contributed by atoms with Gasteiger partial charge in [0.2, 0.25) is 0 Å². The van der Waals surface area contributed by atoms with Gasteiger partial charge in [-0.05, 0) is 18.2 Å². The van der Waals surface area contributed by atoms with Crippen LogP contribution < -0.4 is 10.2 Å². The van der Waals surface area contributed by atoms with Gasteiger partial charge in [-0.25, -0.2) is 9.37 Å². The lowest BCUT2D eigenvalue weighted by Gasteiger charge is -2.38. The molecule has 7 heteroatoms. The number of hydrogen-bond donors (Lipinski definition) is 1. The second-order valence-corrected chi connectivity index (χ2v) is 6.77. The first-order valence-electron chi connectivity index (χ1n) is 9.16. The van der Waals surface area contributed by atoms with Crippen LogP contribution >= 0.6 is 0 Å². The van der Waals surface area contributed by atoms with Gasteiger partial charge in [0.05, 0.1) is 25.1 Å². The molecule has 1 N–H and O–H groups in total. The molecule has 2 saturated heterocycles. The van der Waals surface area contributed by atoms with Crippen LogP contribution in [0, 0.1) is 5.82 Å². The number of amides is 1. The third-order valence-corrected chi connectivity index (χ3v) is 5.08. The third kappa shape index (κ3) is 3.94. The van der Waals surface area contributed by atoms with Crippen LogP contribution in [0.1, 0.15) is 28.9 Å². The quantitative estimate of drug-likeness (QED) is 0.895. The predicted octanol–water partition coefficient (Wildman–Crippen LogP) is 2.49. The van der Waals surface area contributed by atoms with Crippen molar-refractivity contribution in [2.75, 3.05) is 31.2 Å². The van der Waals surface area contributed by atoms with Gasteiger partial charge in [-0.15, -0.1) is 0 Å². The van der Waals surface area contributed by atoms with Gasteiger partial charge in [0, 0.05) is 38.0 Å². The Bertz CT molecular complexity index is 796. The van der Waals surface area contributed by atoms with Crippen molar-refractivity contribution < 1.29 is 18.7 Å². The Morgan fingerprint density at radius 2 is 1.89 bits per heavy atom. The molecule has 142 valence electrons. The third-order valence-electron chi connectivity index (χ3n) is 5.08. The lowest BCUT2D eigenvalue weighted by Crippen LogP contribution is -2.45. The first-order chi connectivity index (χ1) is 13.2. The fourth-order valence-corrected chi connectivity index (χ4v) is 3.51. The largest absolute Gasteiger partial charge is 0.370 e. The number of halogens is 1. The van der Waals surface area contributed by atoms with Crippen LogP contribution in [-0.2, 0) is 16.0 Å². The predicted molar refractivity (Wildman–Crippen MR) is 97.9 cm³/mol. The second-order valence-electron chi connectivity index (χ2n) is 6.77. The zero-order chi connectivity index (χ0) is 18.7. The summed E-state index contributed by atoms with van der Waals surface area (Å²) in [6, 6.07) is 9.96. The van der Waals surface area contributed by atoms with Gasteiger partial charge in [0.25, 0.3) is 5.91 Å². The highest BCUT2D eigenvalue weighted by atomic mass is 19.1. The fourth-order valence-electron chi connectivity index (χ4n) is 3.51. The molecule has 2 aliphatic heterocycles. The SMILES string of the molecule is O=C(NCc1ccccc1F)c1ccc(N2CCC3(CC2)OCCO3)cn1. The summed E-state index contributed by atoms with van der Waals surface area (Å²) in [7, 11) is 0. The minimum atomic E-state index is -0.406. The number of rotatable bonds is 4. The summed E-state index contributed by atoms with van der Waals surface area (Å²) in [5.74, 6) is -1.06. The van der Waals surface area contributed by atoms with Gasteiger partial charge in [0.15, 0.2) is 5.79 Å². The van der Waals surface area contributed by atoms with E-state index >= 15 is 0 Å². The molecule has 0 aliphatic carbocycles. The summed E-state index contributed by atoms with van der Waals surface area (Å²) < 4.78 is 25.1. The maximum Gasteiger partial charge on any atom is 0.270 e. The summed E-state index contributed by atoms with van der Waals surface area (Å²) >= 11 is 0. The number of hydrogen-bond acceptors (Lipinski definition) is 5. The van der Waals surface area contributed by atoms with E-state index in [1.54, 1.807) is 30.5 Å². The molecule has 0 unspecified atom stereocenters. The number of aromatic nitrogens is 1. The van der Waals surface area contributed by atoms with Crippen LogP contribution in [0.5, 0.6) is 0 Å². The standard InChI is InChI=1S/C20H22FN3O3/c21-17-4-2-1-3-15(17)13-23-19(25)18-6-5-16(14-22-18)24-9-7-20(8-10-24)26-11-12-27-20/h1-6,14H,7-13H2,(H,23,25). The fraction of sp³-hybridized carbons (Fsp3) is 0.400. The zero-order valence-electron chi connectivity index (χ0n) is 15.0. The number of nitrogens with zero attached hydrogens (tertiary/aromatic N) is 2. The van der Waals surface area contributed by atoms with Crippen molar-refractivity contribution in [2.45, 2.75) is 25.2 Å². The Morgan fingerprint density at radius 3 is 2.56 bits per heavy atom. The van der Waals surface area contributed by atoms with Gasteiger partial charge in [-0.1, -0.05) is 18.2 Å². The van der Waals surface area contributed by atoms with Gasteiger partial charge in [-0.3, -0.25) is 4.79 Å². The molecule has 3 heterocycles. The molecule has 0 bridgehead atoms. The number of carbonyl (C=O) groups is 1. The van der Waals surface area contributed by atoms with Crippen LogP contribution in [-0.4, -0.2) is 43.0 Å². The Balaban J connectivity index is 1.33. The second kappa shape index (κ2) is 7.62. The average Bonchev–Trinajstić information content (AvgIpc) is 3.16. The molecule has 4 rings (SSSR count). The topological polar surface area (TPSA) is 63.7 Å². The normalized spacial score (nSPS) is 18.6. The van der Waals surface area contributed by atoms with Crippen molar-refractivity contribution in [1.82, 2.24) is 10.3 Å². The highest BCUT2D eigenvalue weighted by molar-refractivity contribution is 5.92. The molecule has 0 radical (unpaired) electrons. The summed E-state index contributed by atoms with van der Waals surface area (Å²) in [4.78, 5) is 18.7. The lowest BCUT2D eigenvalue weighted by molar-refractivity contribution is -0.169. The molecule has 1 spiro atoms. The maximum absolute atomic E-state index is 13.6. The first kappa shape index (κ1) is 17.9. The van der Waals surface area contributed by atoms with Gasteiger partial charge >= 0.3 is 0 Å². The van der Waals surface area contributed by atoms with Crippen molar-refractivity contribution in [2.24, 2.45) is 0 Å². The number of anilines is 1. The maximum atomic E-state index is 13.6. The summed E-state index contributed by atoms with van der Waals surface area (Å²) in [6.07, 6.45) is 3.34. The van der Waals surface area contributed by atoms with E-state index in [1.165, 1.54) is 6.07 Å². The summed E-state index contributed by atoms with van der Waals surface area (Å²) in [5.41, 5.74) is 1.72. The summed E-state index contributed by atoms with van der Waals surface area (Å²) in [5, 5.41) is 2.70. The van der Waals surface area contributed by atoms with Crippen molar-refractivity contribution in [1.29, 1.82) is 0 Å². The molecule has 1 aromatic heterocycles. The zero-order valence-corrected chi connectivity index (χ0v) is 15.0. The van der Waals surface area contributed by atoms with E-state index < -0.39 is 5.79 Å². The Morgan fingerprint density at radius 1 is 1.15 bits per heavy atom. The average molecular weight is 371 g/mol. The lowest BCUT2D eigenvalue weighted by atomic mass is 10.0. The molecule has 27 heavy (non-hydrogen) atoms. The molecule has 2 aromatic rings. The number of carbonyl (C=O) groups excluding carboxylic acids is 1. The molecule has 0 saturated carbocycles.